The van der Waals surface area contributed by atoms with E-state index in [2.05, 4.69) is 20.8 Å². The molecule has 0 aromatic rings. The molecule has 1 fully saturated rings. The number of hydrogen-bond donors (Lipinski definition) is 1. The van der Waals surface area contributed by atoms with Crippen LogP contribution in [0.2, 0.25) is 0 Å². The first-order chi connectivity index (χ1) is 5.11. The van der Waals surface area contributed by atoms with Crippen LogP contribution in [0.1, 0.15) is 46.5 Å². The molecular formula is C10H20O. The molecule has 0 aliphatic heterocycles. The third-order valence-electron chi connectivity index (χ3n) is 3.53. The van der Waals surface area contributed by atoms with Crippen LogP contribution in [0.4, 0.5) is 0 Å². The highest BCUT2D eigenvalue weighted by Gasteiger charge is 2.41. The van der Waals surface area contributed by atoms with Crippen LogP contribution in [0.25, 0.3) is 0 Å². The Bertz CT molecular complexity index is 133. The van der Waals surface area contributed by atoms with Crippen molar-refractivity contribution in [1.82, 2.24) is 0 Å². The minimum atomic E-state index is -0.339. The zero-order valence-electron chi connectivity index (χ0n) is 7.93. The fourth-order valence-corrected chi connectivity index (χ4v) is 2.27. The summed E-state index contributed by atoms with van der Waals surface area (Å²) in [6.07, 6.45) is 4.53. The molecule has 1 rings (SSSR count). The van der Waals surface area contributed by atoms with Gasteiger partial charge in [0.1, 0.15) is 0 Å². The van der Waals surface area contributed by atoms with Crippen molar-refractivity contribution in [2.45, 2.75) is 52.1 Å². The Kier molecular flexibility index (Phi) is 2.58. The van der Waals surface area contributed by atoms with Crippen LogP contribution in [-0.4, -0.2) is 10.7 Å². The SMILES string of the molecule is CCC(C)C1(O)CCCC1C. The molecule has 0 radical (unpaired) electrons. The highest BCUT2D eigenvalue weighted by Crippen LogP contribution is 2.41. The average Bonchev–Trinajstić information content (AvgIpc) is 2.32. The maximum absolute atomic E-state index is 10.2. The van der Waals surface area contributed by atoms with E-state index in [1.807, 2.05) is 0 Å². The Hall–Kier alpha value is -0.0400. The summed E-state index contributed by atoms with van der Waals surface area (Å²) < 4.78 is 0. The zero-order valence-corrected chi connectivity index (χ0v) is 7.93. The number of hydrogen-bond acceptors (Lipinski definition) is 1. The van der Waals surface area contributed by atoms with Crippen molar-refractivity contribution in [1.29, 1.82) is 0 Å². The van der Waals surface area contributed by atoms with Crippen molar-refractivity contribution in [3.63, 3.8) is 0 Å². The molecule has 0 heterocycles. The van der Waals surface area contributed by atoms with E-state index in [4.69, 9.17) is 0 Å². The molecule has 11 heavy (non-hydrogen) atoms. The molecule has 0 aromatic carbocycles. The molecule has 1 aliphatic rings. The smallest absolute Gasteiger partial charge is 0.0698 e. The molecule has 66 valence electrons. The lowest BCUT2D eigenvalue weighted by atomic mass is 9.80. The molecule has 1 heteroatoms. The first kappa shape index (κ1) is 9.05. The van der Waals surface area contributed by atoms with Gasteiger partial charge in [-0.3, -0.25) is 0 Å². The third kappa shape index (κ3) is 1.44. The van der Waals surface area contributed by atoms with Gasteiger partial charge < -0.3 is 5.11 Å². The molecular weight excluding hydrogens is 136 g/mol. The maximum atomic E-state index is 10.2. The van der Waals surface area contributed by atoms with Crippen LogP contribution in [0.15, 0.2) is 0 Å². The van der Waals surface area contributed by atoms with Crippen LogP contribution < -0.4 is 0 Å². The van der Waals surface area contributed by atoms with Crippen LogP contribution in [0, 0.1) is 11.8 Å². The standard InChI is InChI=1S/C10H20O/c1-4-8(2)10(11)7-5-6-9(10)3/h8-9,11H,4-7H2,1-3H3. The van der Waals surface area contributed by atoms with Gasteiger partial charge in [-0.15, -0.1) is 0 Å². The Morgan fingerprint density at radius 3 is 2.64 bits per heavy atom. The van der Waals surface area contributed by atoms with Gasteiger partial charge in [0, 0.05) is 0 Å². The fraction of sp³-hybridized carbons (Fsp3) is 1.00. The molecule has 0 aromatic heterocycles. The van der Waals surface area contributed by atoms with Crippen molar-refractivity contribution >= 4 is 0 Å². The van der Waals surface area contributed by atoms with Crippen molar-refractivity contribution in [3.8, 4) is 0 Å². The molecule has 3 unspecified atom stereocenters. The summed E-state index contributed by atoms with van der Waals surface area (Å²) in [7, 11) is 0. The Balaban J connectivity index is 2.64. The van der Waals surface area contributed by atoms with E-state index in [0.29, 0.717) is 11.8 Å². The van der Waals surface area contributed by atoms with Gasteiger partial charge in [0.2, 0.25) is 0 Å². The van der Waals surface area contributed by atoms with Crippen molar-refractivity contribution in [3.05, 3.63) is 0 Å². The second kappa shape index (κ2) is 3.14. The van der Waals surface area contributed by atoms with Gasteiger partial charge in [-0.05, 0) is 24.7 Å². The van der Waals surface area contributed by atoms with Crippen LogP contribution >= 0.6 is 0 Å². The molecule has 1 nitrogen and oxygen atoms in total. The first-order valence-corrected chi connectivity index (χ1v) is 4.83. The molecule has 1 N–H and O–H groups in total. The van der Waals surface area contributed by atoms with Gasteiger partial charge in [-0.1, -0.05) is 33.6 Å². The van der Waals surface area contributed by atoms with Crippen LogP contribution in [0.3, 0.4) is 0 Å². The monoisotopic (exact) mass is 156 g/mol. The summed E-state index contributed by atoms with van der Waals surface area (Å²) >= 11 is 0. The van der Waals surface area contributed by atoms with E-state index in [-0.39, 0.29) is 5.60 Å². The quantitative estimate of drug-likeness (QED) is 0.651. The predicted molar refractivity (Wildman–Crippen MR) is 47.4 cm³/mol. The molecule has 0 spiro atoms. The molecule has 1 saturated carbocycles. The topological polar surface area (TPSA) is 20.2 Å². The third-order valence-corrected chi connectivity index (χ3v) is 3.53. The maximum Gasteiger partial charge on any atom is 0.0698 e. The number of rotatable bonds is 2. The summed E-state index contributed by atoms with van der Waals surface area (Å²) in [6.45, 7) is 6.51. The molecule has 3 atom stereocenters. The summed E-state index contributed by atoms with van der Waals surface area (Å²) in [4.78, 5) is 0. The minimum Gasteiger partial charge on any atom is -0.389 e. The second-order valence-electron chi connectivity index (χ2n) is 4.09. The van der Waals surface area contributed by atoms with Crippen molar-refractivity contribution in [2.75, 3.05) is 0 Å². The normalized spacial score (nSPS) is 40.9. The Morgan fingerprint density at radius 1 is 1.64 bits per heavy atom. The van der Waals surface area contributed by atoms with Crippen LogP contribution in [-0.2, 0) is 0 Å². The summed E-state index contributed by atoms with van der Waals surface area (Å²) in [5.41, 5.74) is -0.339. The van der Waals surface area contributed by atoms with Gasteiger partial charge in [0.15, 0.2) is 0 Å². The van der Waals surface area contributed by atoms with Crippen molar-refractivity contribution < 1.29 is 5.11 Å². The highest BCUT2D eigenvalue weighted by molar-refractivity contribution is 4.93. The van der Waals surface area contributed by atoms with E-state index in [1.54, 1.807) is 0 Å². The fourth-order valence-electron chi connectivity index (χ4n) is 2.27. The summed E-state index contributed by atoms with van der Waals surface area (Å²) in [6, 6.07) is 0. The van der Waals surface area contributed by atoms with Gasteiger partial charge in [-0.2, -0.15) is 0 Å². The largest absolute Gasteiger partial charge is 0.389 e. The first-order valence-electron chi connectivity index (χ1n) is 4.83. The lowest BCUT2D eigenvalue weighted by Crippen LogP contribution is -2.38. The Labute approximate surface area is 69.8 Å². The van der Waals surface area contributed by atoms with E-state index in [1.165, 1.54) is 12.8 Å². The molecule has 1 aliphatic carbocycles. The average molecular weight is 156 g/mol. The van der Waals surface area contributed by atoms with Crippen molar-refractivity contribution in [2.24, 2.45) is 11.8 Å². The van der Waals surface area contributed by atoms with E-state index >= 15 is 0 Å². The predicted octanol–water partition coefficient (Wildman–Crippen LogP) is 2.58. The summed E-state index contributed by atoms with van der Waals surface area (Å²) in [5, 5.41) is 10.2. The summed E-state index contributed by atoms with van der Waals surface area (Å²) in [5.74, 6) is 0.984. The van der Waals surface area contributed by atoms with Gasteiger partial charge in [-0.25, -0.2) is 0 Å². The lowest BCUT2D eigenvalue weighted by molar-refractivity contribution is -0.0410. The highest BCUT2D eigenvalue weighted by atomic mass is 16.3. The van der Waals surface area contributed by atoms with E-state index < -0.39 is 0 Å². The molecule has 0 saturated heterocycles. The second-order valence-corrected chi connectivity index (χ2v) is 4.09. The molecule has 0 bridgehead atoms. The van der Waals surface area contributed by atoms with Crippen LogP contribution in [0.5, 0.6) is 0 Å². The lowest BCUT2D eigenvalue weighted by Gasteiger charge is -2.33. The minimum absolute atomic E-state index is 0.339. The van der Waals surface area contributed by atoms with Gasteiger partial charge >= 0.3 is 0 Å². The Morgan fingerprint density at radius 2 is 2.27 bits per heavy atom. The molecule has 0 amide bonds. The number of aliphatic hydroxyl groups is 1. The van der Waals surface area contributed by atoms with Gasteiger partial charge in [0.05, 0.1) is 5.60 Å². The zero-order chi connectivity index (χ0) is 8.48. The van der Waals surface area contributed by atoms with E-state index in [9.17, 15) is 5.11 Å². The van der Waals surface area contributed by atoms with Gasteiger partial charge in [0.25, 0.3) is 0 Å². The van der Waals surface area contributed by atoms with E-state index in [0.717, 1.165) is 12.8 Å².